The van der Waals surface area contributed by atoms with Crippen molar-refractivity contribution in [2.24, 2.45) is 0 Å². The highest BCUT2D eigenvalue weighted by Gasteiger charge is 2.26. The lowest BCUT2D eigenvalue weighted by atomic mass is 10.1. The van der Waals surface area contributed by atoms with Crippen LogP contribution in [0, 0.1) is 0 Å². The van der Waals surface area contributed by atoms with Crippen LogP contribution in [0.3, 0.4) is 0 Å². The number of nitrogens with zero attached hydrogens (tertiary/aromatic N) is 4. The van der Waals surface area contributed by atoms with Crippen molar-refractivity contribution in [3.63, 3.8) is 0 Å². The molecule has 3 heterocycles. The molecule has 0 saturated carbocycles. The Morgan fingerprint density at radius 3 is 2.88 bits per heavy atom. The molecule has 3 aromatic rings. The molecule has 1 amide bonds. The number of benzene rings is 1. The first-order valence-electron chi connectivity index (χ1n) is 8.08. The van der Waals surface area contributed by atoms with Gasteiger partial charge < -0.3 is 18.6 Å². The second kappa shape index (κ2) is 6.52. The molecule has 0 unspecified atom stereocenters. The molecule has 7 heteroatoms. The van der Waals surface area contributed by atoms with Crippen LogP contribution in [0.25, 0.3) is 5.69 Å². The Labute approximate surface area is 144 Å². The Hall–Kier alpha value is -2.93. The average Bonchev–Trinajstić information content (AvgIpc) is 3.30. The van der Waals surface area contributed by atoms with Crippen molar-refractivity contribution in [3.05, 3.63) is 65.9 Å². The van der Waals surface area contributed by atoms with Crippen LogP contribution in [-0.2, 0) is 24.3 Å². The molecule has 0 N–H and O–H groups in total. The number of hydrogen-bond donors (Lipinski definition) is 0. The summed E-state index contributed by atoms with van der Waals surface area (Å²) in [5.41, 5.74) is 2.45. The summed E-state index contributed by atoms with van der Waals surface area (Å²) in [6.45, 7) is 1.43. The standard InChI is InChI=1S/C18H18N4O3/c1-24-11-17-20-15-10-21(8-6-16(15)25-17)18(23)13-2-4-14(5-3-13)22-9-7-19-12-22/h2-5,7,9,12H,6,8,10-11H2,1H3. The number of aromatic nitrogens is 3. The van der Waals surface area contributed by atoms with E-state index in [9.17, 15) is 4.79 Å². The van der Waals surface area contributed by atoms with Gasteiger partial charge in [0.15, 0.2) is 0 Å². The van der Waals surface area contributed by atoms with Crippen molar-refractivity contribution < 1.29 is 13.9 Å². The van der Waals surface area contributed by atoms with E-state index in [2.05, 4.69) is 9.97 Å². The minimum absolute atomic E-state index is 0.000812. The lowest BCUT2D eigenvalue weighted by molar-refractivity contribution is 0.0727. The van der Waals surface area contributed by atoms with E-state index in [0.717, 1.165) is 17.1 Å². The topological polar surface area (TPSA) is 73.4 Å². The third-order valence-electron chi connectivity index (χ3n) is 4.24. The van der Waals surface area contributed by atoms with Crippen molar-refractivity contribution in [2.75, 3.05) is 13.7 Å². The highest BCUT2D eigenvalue weighted by molar-refractivity contribution is 5.94. The Morgan fingerprint density at radius 2 is 2.16 bits per heavy atom. The van der Waals surface area contributed by atoms with Crippen molar-refractivity contribution in [2.45, 2.75) is 19.6 Å². The monoisotopic (exact) mass is 338 g/mol. The summed E-state index contributed by atoms with van der Waals surface area (Å²) >= 11 is 0. The van der Waals surface area contributed by atoms with Gasteiger partial charge in [-0.3, -0.25) is 4.79 Å². The van der Waals surface area contributed by atoms with Crippen molar-refractivity contribution >= 4 is 5.91 Å². The fourth-order valence-corrected chi connectivity index (χ4v) is 2.98. The fourth-order valence-electron chi connectivity index (χ4n) is 2.98. The van der Waals surface area contributed by atoms with Gasteiger partial charge in [-0.1, -0.05) is 0 Å². The Morgan fingerprint density at radius 1 is 1.32 bits per heavy atom. The minimum atomic E-state index is -0.000812. The highest BCUT2D eigenvalue weighted by Crippen LogP contribution is 2.22. The molecule has 0 atom stereocenters. The predicted molar refractivity (Wildman–Crippen MR) is 89.2 cm³/mol. The van der Waals surface area contributed by atoms with Gasteiger partial charge in [-0.05, 0) is 24.3 Å². The van der Waals surface area contributed by atoms with Crippen LogP contribution >= 0.6 is 0 Å². The van der Waals surface area contributed by atoms with Crippen LogP contribution in [0.15, 0.2) is 47.4 Å². The molecule has 0 aliphatic carbocycles. The van der Waals surface area contributed by atoms with Gasteiger partial charge in [0.05, 0.1) is 12.9 Å². The highest BCUT2D eigenvalue weighted by atomic mass is 16.5. The van der Waals surface area contributed by atoms with Crippen LogP contribution < -0.4 is 0 Å². The average molecular weight is 338 g/mol. The normalized spacial score (nSPS) is 13.7. The number of rotatable bonds is 4. The van der Waals surface area contributed by atoms with Crippen LogP contribution in [0.4, 0.5) is 0 Å². The van der Waals surface area contributed by atoms with Crippen molar-refractivity contribution in [3.8, 4) is 5.69 Å². The summed E-state index contributed by atoms with van der Waals surface area (Å²) in [5, 5.41) is 0. The maximum absolute atomic E-state index is 12.8. The van der Waals surface area contributed by atoms with Crippen LogP contribution in [0.1, 0.15) is 27.7 Å². The number of ether oxygens (including phenoxy) is 1. The molecule has 1 aromatic carbocycles. The number of amides is 1. The van der Waals surface area contributed by atoms with E-state index < -0.39 is 0 Å². The molecular weight excluding hydrogens is 320 g/mol. The number of carbonyl (C=O) groups is 1. The predicted octanol–water partition coefficient (Wildman–Crippen LogP) is 2.21. The van der Waals surface area contributed by atoms with Gasteiger partial charge in [0, 0.05) is 43.7 Å². The smallest absolute Gasteiger partial charge is 0.254 e. The van der Waals surface area contributed by atoms with Gasteiger partial charge in [-0.25, -0.2) is 9.97 Å². The third-order valence-corrected chi connectivity index (χ3v) is 4.24. The van der Waals surface area contributed by atoms with Crippen LogP contribution in [0.2, 0.25) is 0 Å². The Bertz CT molecular complexity index is 868. The number of imidazole rings is 1. The molecule has 0 bridgehead atoms. The molecule has 1 aliphatic rings. The van der Waals surface area contributed by atoms with Gasteiger partial charge in [-0.2, -0.15) is 0 Å². The number of carbonyl (C=O) groups excluding carboxylic acids is 1. The maximum atomic E-state index is 12.8. The molecule has 0 saturated heterocycles. The van der Waals surface area contributed by atoms with Gasteiger partial charge in [-0.15, -0.1) is 0 Å². The molecule has 0 radical (unpaired) electrons. The Balaban J connectivity index is 1.49. The number of oxazole rings is 1. The third kappa shape index (κ3) is 3.06. The summed E-state index contributed by atoms with van der Waals surface area (Å²) in [6, 6.07) is 7.51. The molecule has 0 spiro atoms. The summed E-state index contributed by atoms with van der Waals surface area (Å²) < 4.78 is 12.6. The Kier molecular flexibility index (Phi) is 4.07. The van der Waals surface area contributed by atoms with Crippen LogP contribution in [0.5, 0.6) is 0 Å². The SMILES string of the molecule is COCc1nc2c(o1)CCN(C(=O)c1ccc(-n3ccnc3)cc1)C2. The first-order chi connectivity index (χ1) is 12.2. The molecule has 1 aliphatic heterocycles. The van der Waals surface area contributed by atoms with E-state index in [4.69, 9.17) is 9.15 Å². The lowest BCUT2D eigenvalue weighted by Gasteiger charge is -2.25. The van der Waals surface area contributed by atoms with E-state index in [1.807, 2.05) is 35.0 Å². The molecule has 25 heavy (non-hydrogen) atoms. The summed E-state index contributed by atoms with van der Waals surface area (Å²) in [5.74, 6) is 1.41. The second-order valence-corrected chi connectivity index (χ2v) is 5.90. The van der Waals surface area contributed by atoms with E-state index in [1.54, 1.807) is 24.5 Å². The summed E-state index contributed by atoms with van der Waals surface area (Å²) in [6.07, 6.45) is 5.99. The molecule has 2 aromatic heterocycles. The van der Waals surface area contributed by atoms with E-state index in [1.165, 1.54) is 0 Å². The van der Waals surface area contributed by atoms with Gasteiger partial charge in [0.25, 0.3) is 5.91 Å². The largest absolute Gasteiger partial charge is 0.443 e. The van der Waals surface area contributed by atoms with Gasteiger partial charge >= 0.3 is 0 Å². The van der Waals surface area contributed by atoms with E-state index in [-0.39, 0.29) is 5.91 Å². The van der Waals surface area contributed by atoms with E-state index in [0.29, 0.717) is 37.6 Å². The first kappa shape index (κ1) is 15.6. The zero-order valence-corrected chi connectivity index (χ0v) is 13.9. The zero-order chi connectivity index (χ0) is 17.2. The maximum Gasteiger partial charge on any atom is 0.254 e. The first-order valence-corrected chi connectivity index (χ1v) is 8.08. The molecule has 0 fully saturated rings. The molecule has 4 rings (SSSR count). The minimum Gasteiger partial charge on any atom is -0.443 e. The molecular formula is C18H18N4O3. The van der Waals surface area contributed by atoms with E-state index >= 15 is 0 Å². The summed E-state index contributed by atoms with van der Waals surface area (Å²) in [4.78, 5) is 23.0. The molecule has 128 valence electrons. The van der Waals surface area contributed by atoms with Crippen LogP contribution in [-0.4, -0.2) is 39.0 Å². The lowest BCUT2D eigenvalue weighted by Crippen LogP contribution is -2.35. The number of hydrogen-bond acceptors (Lipinski definition) is 5. The quantitative estimate of drug-likeness (QED) is 0.729. The molecule has 7 nitrogen and oxygen atoms in total. The number of fused-ring (bicyclic) bond motifs is 1. The second-order valence-electron chi connectivity index (χ2n) is 5.90. The number of methoxy groups -OCH3 is 1. The fraction of sp³-hybridized carbons (Fsp3) is 0.278. The summed E-state index contributed by atoms with van der Waals surface area (Å²) in [7, 11) is 1.60. The van der Waals surface area contributed by atoms with Crippen molar-refractivity contribution in [1.82, 2.24) is 19.4 Å². The van der Waals surface area contributed by atoms with Gasteiger partial charge in [0.2, 0.25) is 5.89 Å². The van der Waals surface area contributed by atoms with Gasteiger partial charge in [0.1, 0.15) is 18.1 Å². The van der Waals surface area contributed by atoms with Crippen molar-refractivity contribution in [1.29, 1.82) is 0 Å². The zero-order valence-electron chi connectivity index (χ0n) is 13.9.